The summed E-state index contributed by atoms with van der Waals surface area (Å²) in [6, 6.07) is 20.8. The van der Waals surface area contributed by atoms with E-state index in [1.54, 1.807) is 0 Å². The zero-order valence-corrected chi connectivity index (χ0v) is 34.7. The van der Waals surface area contributed by atoms with Crippen LogP contribution in [0.15, 0.2) is 77.4 Å². The zero-order chi connectivity index (χ0) is 32.0. The maximum Gasteiger partial charge on any atom is 0.0213 e. The Balaban J connectivity index is 0. The van der Waals surface area contributed by atoms with Crippen molar-refractivity contribution in [2.24, 2.45) is 5.92 Å². The van der Waals surface area contributed by atoms with Gasteiger partial charge in [-0.3, -0.25) is 6.08 Å². The normalized spacial score (nSPS) is 13.4. The van der Waals surface area contributed by atoms with Crippen molar-refractivity contribution in [1.29, 1.82) is 0 Å². The summed E-state index contributed by atoms with van der Waals surface area (Å²) < 4.78 is 0. The maximum absolute atomic E-state index is 7.08. The molecule has 1 aliphatic rings. The molecular formula is C41H68HfNSi-2. The van der Waals surface area contributed by atoms with Crippen LogP contribution in [0, 0.1) is 12.0 Å². The zero-order valence-electron chi connectivity index (χ0n) is 29.9. The summed E-state index contributed by atoms with van der Waals surface area (Å²) in [7, 11) is 0.750. The van der Waals surface area contributed by atoms with E-state index in [2.05, 4.69) is 102 Å². The van der Waals surface area contributed by atoms with E-state index in [9.17, 15) is 0 Å². The van der Waals surface area contributed by atoms with Gasteiger partial charge in [-0.2, -0.15) is 17.7 Å². The van der Waals surface area contributed by atoms with Gasteiger partial charge in [0.05, 0.1) is 0 Å². The smallest absolute Gasteiger partial charge is 0.0213 e. The topological polar surface area (TPSA) is 23.8 Å². The van der Waals surface area contributed by atoms with Crippen LogP contribution in [0.4, 0.5) is 0 Å². The van der Waals surface area contributed by atoms with Crippen LogP contribution in [0.25, 0.3) is 16.9 Å². The van der Waals surface area contributed by atoms with Crippen molar-refractivity contribution in [3.05, 3.63) is 89.2 Å². The van der Waals surface area contributed by atoms with Crippen LogP contribution in [-0.2, 0) is 25.8 Å². The number of rotatable bonds is 17. The van der Waals surface area contributed by atoms with Gasteiger partial charge >= 0.3 is 0 Å². The predicted octanol–water partition coefficient (Wildman–Crippen LogP) is 13.9. The second-order valence-electron chi connectivity index (χ2n) is 12.2. The minimum atomic E-state index is 0. The third kappa shape index (κ3) is 25.2. The molecule has 0 fully saturated rings. The van der Waals surface area contributed by atoms with E-state index < -0.39 is 0 Å². The molecule has 44 heavy (non-hydrogen) atoms. The Morgan fingerprint density at radius 2 is 0.909 bits per heavy atom. The number of unbranched alkanes of at least 4 members (excludes halogenated alkanes) is 15. The monoisotopic (exact) mass is 782 g/mol. The van der Waals surface area contributed by atoms with E-state index in [1.165, 1.54) is 124 Å². The molecule has 0 saturated heterocycles. The Morgan fingerprint density at radius 1 is 0.591 bits per heavy atom. The maximum atomic E-state index is 7.08. The van der Waals surface area contributed by atoms with E-state index >= 15 is 0 Å². The standard InChI is InChI=1S/C18H38N.C12H10.C9H13.C2H7Si.Hf/c1-2-3-4-5-6-7-8-9-10-11-12-13-14-15-16-17-18-19;1-3-7-11(8-4-1)12-9-5-2-6-10-12;1-6-5-7(2)9(4)8(6)3;1-3-2;/h19H,2-18H2,1H3;1-10H;6H,1-4H3;3H,1-2H3;/q-1;;-1;;. The molecule has 1 radical (unpaired) electrons. The van der Waals surface area contributed by atoms with Gasteiger partial charge in [-0.15, -0.1) is 6.92 Å². The molecule has 2 aromatic carbocycles. The summed E-state index contributed by atoms with van der Waals surface area (Å²) in [4.78, 5) is 0. The van der Waals surface area contributed by atoms with Crippen LogP contribution in [0.1, 0.15) is 137 Å². The average molecular weight is 782 g/mol. The van der Waals surface area contributed by atoms with Gasteiger partial charge in [0.25, 0.3) is 0 Å². The molecule has 0 bridgehead atoms. The molecule has 3 heteroatoms. The Labute approximate surface area is 297 Å². The van der Waals surface area contributed by atoms with Gasteiger partial charge < -0.3 is 5.73 Å². The van der Waals surface area contributed by atoms with Crippen molar-refractivity contribution in [3.8, 4) is 11.1 Å². The van der Waals surface area contributed by atoms with Gasteiger partial charge in [0.1, 0.15) is 0 Å². The fourth-order valence-corrected chi connectivity index (χ4v) is 5.10. The molecule has 1 nitrogen and oxygen atoms in total. The number of nitrogens with one attached hydrogen (secondary N) is 1. The third-order valence-corrected chi connectivity index (χ3v) is 8.15. The Morgan fingerprint density at radius 3 is 1.14 bits per heavy atom. The SMILES string of the molecule is CC1=[C-]C(C)C(C)=C1C.CCCCCCCCCCCCCCCCCC[NH-].C[SiH]C.[Hf].c1ccc(-c2ccccc2)cc1. The molecule has 0 heterocycles. The number of hydrogen-bond donors (Lipinski definition) is 0. The Bertz CT molecular complexity index is 869. The number of hydrogen-bond acceptors (Lipinski definition) is 0. The van der Waals surface area contributed by atoms with Crippen LogP contribution in [0.3, 0.4) is 0 Å². The molecule has 0 saturated carbocycles. The van der Waals surface area contributed by atoms with Crippen LogP contribution in [0.2, 0.25) is 13.1 Å². The van der Waals surface area contributed by atoms with E-state index in [0.29, 0.717) is 12.5 Å². The summed E-state index contributed by atoms with van der Waals surface area (Å²) >= 11 is 0. The van der Waals surface area contributed by atoms with Gasteiger partial charge in [-0.05, 0) is 11.1 Å². The summed E-state index contributed by atoms with van der Waals surface area (Å²) in [5, 5.41) is 0. The molecule has 2 aromatic rings. The summed E-state index contributed by atoms with van der Waals surface area (Å²) in [6.45, 7) is 16.0. The summed E-state index contributed by atoms with van der Waals surface area (Å²) in [5.41, 5.74) is 13.9. The first-order valence-electron chi connectivity index (χ1n) is 17.7. The van der Waals surface area contributed by atoms with Crippen molar-refractivity contribution in [1.82, 2.24) is 0 Å². The second-order valence-corrected chi connectivity index (χ2v) is 13.3. The van der Waals surface area contributed by atoms with Crippen molar-refractivity contribution in [2.45, 2.75) is 150 Å². The van der Waals surface area contributed by atoms with E-state index in [4.69, 9.17) is 5.73 Å². The van der Waals surface area contributed by atoms with Crippen LogP contribution >= 0.6 is 0 Å². The molecule has 1 atom stereocenters. The summed E-state index contributed by atoms with van der Waals surface area (Å²) in [6.07, 6.45) is 25.9. The largest absolute Gasteiger partial charge is 0.677 e. The molecule has 0 amide bonds. The fourth-order valence-electron chi connectivity index (χ4n) is 5.10. The molecule has 1 aliphatic carbocycles. The van der Waals surface area contributed by atoms with Gasteiger partial charge in [0.15, 0.2) is 0 Å². The average Bonchev–Trinajstić information content (AvgIpc) is 3.25. The molecule has 0 aliphatic heterocycles. The first-order valence-corrected chi connectivity index (χ1v) is 20.0. The Kier molecular flexibility index (Phi) is 34.2. The van der Waals surface area contributed by atoms with Gasteiger partial charge in [-0.25, -0.2) is 5.57 Å². The van der Waals surface area contributed by atoms with Crippen LogP contribution in [0.5, 0.6) is 0 Å². The molecular weight excluding hydrogens is 713 g/mol. The first-order chi connectivity index (χ1) is 20.9. The first kappa shape index (κ1) is 45.1. The van der Waals surface area contributed by atoms with Crippen molar-refractivity contribution in [3.63, 3.8) is 0 Å². The van der Waals surface area contributed by atoms with E-state index in [1.807, 2.05) is 12.1 Å². The van der Waals surface area contributed by atoms with Crippen molar-refractivity contribution in [2.75, 3.05) is 6.54 Å². The molecule has 1 N–H and O–H groups in total. The molecule has 3 rings (SSSR count). The second kappa shape index (κ2) is 33.3. The Hall–Kier alpha value is -1.03. The van der Waals surface area contributed by atoms with Gasteiger partial charge in [0.2, 0.25) is 0 Å². The molecule has 0 aromatic heterocycles. The van der Waals surface area contributed by atoms with Gasteiger partial charge in [0, 0.05) is 35.4 Å². The minimum Gasteiger partial charge on any atom is -0.677 e. The van der Waals surface area contributed by atoms with E-state index in [-0.39, 0.29) is 25.8 Å². The number of allylic oxidation sites excluding steroid dienone is 4. The van der Waals surface area contributed by atoms with Crippen molar-refractivity contribution < 1.29 is 25.8 Å². The van der Waals surface area contributed by atoms with Gasteiger partial charge in [-0.1, -0.05) is 210 Å². The summed E-state index contributed by atoms with van der Waals surface area (Å²) in [5.74, 6) is 0.560. The van der Waals surface area contributed by atoms with Crippen LogP contribution in [-0.4, -0.2) is 16.1 Å². The third-order valence-electron chi connectivity index (χ3n) is 8.15. The fraction of sp³-hybridized carbons (Fsp3) is 0.610. The minimum absolute atomic E-state index is 0. The van der Waals surface area contributed by atoms with Crippen molar-refractivity contribution >= 4 is 9.52 Å². The quantitative estimate of drug-likeness (QED) is 0.0867. The van der Waals surface area contributed by atoms with Crippen LogP contribution < -0.4 is 0 Å². The molecule has 0 spiro atoms. The van der Waals surface area contributed by atoms with E-state index in [0.717, 1.165) is 15.9 Å². The molecule has 1 unspecified atom stereocenters. The number of benzene rings is 2. The molecule has 247 valence electrons. The predicted molar refractivity (Wildman–Crippen MR) is 199 cm³/mol.